The average Bonchev–Trinajstić information content (AvgIpc) is 2.62. The standard InChI is InChI=1S/C21H28N4O/c1-16-10-11-19(17(2)12-16)14-23-21(24-15-20(26)25(3)4)22-13-18-8-6-5-7-9-18/h5-12H,13-15H2,1-4H3,(H2,22,23,24). The molecular formula is C21H28N4O. The molecule has 5 heteroatoms. The molecule has 0 spiro atoms. The zero-order chi connectivity index (χ0) is 18.9. The van der Waals surface area contributed by atoms with Gasteiger partial charge in [-0.3, -0.25) is 4.79 Å². The Hall–Kier alpha value is -2.82. The van der Waals surface area contributed by atoms with Crippen LogP contribution in [0, 0.1) is 13.8 Å². The Labute approximate surface area is 156 Å². The molecule has 0 saturated carbocycles. The number of aliphatic imine (C=N–C) groups is 1. The molecule has 2 N–H and O–H groups in total. The molecule has 0 fully saturated rings. The van der Waals surface area contributed by atoms with Crippen molar-refractivity contribution in [3.05, 3.63) is 70.8 Å². The van der Waals surface area contributed by atoms with E-state index in [1.54, 1.807) is 19.0 Å². The number of benzene rings is 2. The molecule has 0 saturated heterocycles. The number of carbonyl (C=O) groups is 1. The van der Waals surface area contributed by atoms with Gasteiger partial charge in [0.25, 0.3) is 0 Å². The highest BCUT2D eigenvalue weighted by Crippen LogP contribution is 2.10. The quantitative estimate of drug-likeness (QED) is 0.621. The number of nitrogens with one attached hydrogen (secondary N) is 2. The van der Waals surface area contributed by atoms with Gasteiger partial charge in [-0.05, 0) is 30.5 Å². The summed E-state index contributed by atoms with van der Waals surface area (Å²) in [4.78, 5) is 18.0. The molecule has 0 aromatic heterocycles. The van der Waals surface area contributed by atoms with Crippen LogP contribution in [0.5, 0.6) is 0 Å². The zero-order valence-corrected chi connectivity index (χ0v) is 16.0. The van der Waals surface area contributed by atoms with Crippen LogP contribution in [0.3, 0.4) is 0 Å². The molecule has 0 aliphatic carbocycles. The minimum atomic E-state index is 0.00530. The lowest BCUT2D eigenvalue weighted by molar-refractivity contribution is -0.127. The highest BCUT2D eigenvalue weighted by molar-refractivity contribution is 5.86. The number of rotatable bonds is 6. The van der Waals surface area contributed by atoms with Crippen molar-refractivity contribution in [3.8, 4) is 0 Å². The number of hydrogen-bond acceptors (Lipinski definition) is 2. The van der Waals surface area contributed by atoms with E-state index in [-0.39, 0.29) is 12.5 Å². The van der Waals surface area contributed by atoms with E-state index in [2.05, 4.69) is 47.7 Å². The molecule has 0 aliphatic rings. The molecule has 0 atom stereocenters. The first kappa shape index (κ1) is 19.5. The Morgan fingerprint density at radius 1 is 1.04 bits per heavy atom. The fourth-order valence-corrected chi connectivity index (χ4v) is 2.47. The number of aryl methyl sites for hydroxylation is 2. The summed E-state index contributed by atoms with van der Waals surface area (Å²) in [7, 11) is 3.49. The minimum absolute atomic E-state index is 0.00530. The predicted octanol–water partition coefficient (Wildman–Crippen LogP) is 2.63. The molecule has 0 bridgehead atoms. The minimum Gasteiger partial charge on any atom is -0.352 e. The van der Waals surface area contributed by atoms with E-state index in [4.69, 9.17) is 0 Å². The summed E-state index contributed by atoms with van der Waals surface area (Å²) in [5, 5.41) is 6.45. The summed E-state index contributed by atoms with van der Waals surface area (Å²) in [5.74, 6) is 0.634. The molecule has 2 aromatic rings. The third-order valence-corrected chi connectivity index (χ3v) is 4.11. The van der Waals surface area contributed by atoms with Crippen LogP contribution in [0.1, 0.15) is 22.3 Å². The SMILES string of the molecule is Cc1ccc(CNC(=NCc2ccccc2)NCC(=O)N(C)C)c(C)c1. The smallest absolute Gasteiger partial charge is 0.241 e. The normalized spacial score (nSPS) is 11.2. The third-order valence-electron chi connectivity index (χ3n) is 4.11. The van der Waals surface area contributed by atoms with Crippen LogP contribution in [0.15, 0.2) is 53.5 Å². The van der Waals surface area contributed by atoms with Gasteiger partial charge in [-0.15, -0.1) is 0 Å². The molecule has 2 aromatic carbocycles. The Balaban J connectivity index is 2.04. The fraction of sp³-hybridized carbons (Fsp3) is 0.333. The second-order valence-corrected chi connectivity index (χ2v) is 6.58. The highest BCUT2D eigenvalue weighted by Gasteiger charge is 2.07. The van der Waals surface area contributed by atoms with E-state index in [1.807, 2.05) is 30.3 Å². The number of hydrogen-bond donors (Lipinski definition) is 2. The summed E-state index contributed by atoms with van der Waals surface area (Å²) < 4.78 is 0. The van der Waals surface area contributed by atoms with Gasteiger partial charge in [-0.1, -0.05) is 54.1 Å². The first-order chi connectivity index (χ1) is 12.5. The maximum atomic E-state index is 11.9. The molecule has 26 heavy (non-hydrogen) atoms. The number of amides is 1. The number of nitrogens with zero attached hydrogens (tertiary/aromatic N) is 2. The topological polar surface area (TPSA) is 56.7 Å². The first-order valence-corrected chi connectivity index (χ1v) is 8.78. The van der Waals surface area contributed by atoms with Crippen molar-refractivity contribution in [1.29, 1.82) is 0 Å². The second-order valence-electron chi connectivity index (χ2n) is 6.58. The fourth-order valence-electron chi connectivity index (χ4n) is 2.47. The molecule has 0 unspecified atom stereocenters. The Morgan fingerprint density at radius 3 is 2.42 bits per heavy atom. The highest BCUT2D eigenvalue weighted by atomic mass is 16.2. The van der Waals surface area contributed by atoms with Crippen LogP contribution in [-0.2, 0) is 17.9 Å². The van der Waals surface area contributed by atoms with Gasteiger partial charge in [0.15, 0.2) is 5.96 Å². The van der Waals surface area contributed by atoms with Gasteiger partial charge in [-0.2, -0.15) is 0 Å². The molecule has 5 nitrogen and oxygen atoms in total. The zero-order valence-electron chi connectivity index (χ0n) is 16.0. The van der Waals surface area contributed by atoms with Crippen molar-refractivity contribution in [2.24, 2.45) is 4.99 Å². The van der Waals surface area contributed by atoms with Crippen LogP contribution in [0.25, 0.3) is 0 Å². The van der Waals surface area contributed by atoms with Crippen molar-refractivity contribution < 1.29 is 4.79 Å². The maximum Gasteiger partial charge on any atom is 0.241 e. The van der Waals surface area contributed by atoms with Crippen molar-refractivity contribution in [1.82, 2.24) is 15.5 Å². The van der Waals surface area contributed by atoms with Gasteiger partial charge < -0.3 is 15.5 Å². The van der Waals surface area contributed by atoms with E-state index >= 15 is 0 Å². The van der Waals surface area contributed by atoms with Crippen molar-refractivity contribution >= 4 is 11.9 Å². The van der Waals surface area contributed by atoms with Gasteiger partial charge >= 0.3 is 0 Å². The molecule has 0 aliphatic heterocycles. The van der Waals surface area contributed by atoms with Crippen LogP contribution >= 0.6 is 0 Å². The lowest BCUT2D eigenvalue weighted by Crippen LogP contribution is -2.42. The molecule has 0 heterocycles. The summed E-state index contributed by atoms with van der Waals surface area (Å²) in [6.07, 6.45) is 0. The van der Waals surface area contributed by atoms with Crippen molar-refractivity contribution in [2.45, 2.75) is 26.9 Å². The Bertz CT molecular complexity index is 754. The summed E-state index contributed by atoms with van der Waals surface area (Å²) in [6.45, 7) is 5.61. The lowest BCUT2D eigenvalue weighted by atomic mass is 10.1. The van der Waals surface area contributed by atoms with Crippen molar-refractivity contribution in [3.63, 3.8) is 0 Å². The van der Waals surface area contributed by atoms with E-state index in [0.29, 0.717) is 19.0 Å². The maximum absolute atomic E-state index is 11.9. The molecule has 1 amide bonds. The molecular weight excluding hydrogens is 324 g/mol. The van der Waals surface area contributed by atoms with Crippen LogP contribution < -0.4 is 10.6 Å². The van der Waals surface area contributed by atoms with Gasteiger partial charge in [0, 0.05) is 20.6 Å². The van der Waals surface area contributed by atoms with Crippen LogP contribution in [-0.4, -0.2) is 37.4 Å². The summed E-state index contributed by atoms with van der Waals surface area (Å²) in [5.41, 5.74) is 4.82. The van der Waals surface area contributed by atoms with E-state index in [1.165, 1.54) is 16.7 Å². The Morgan fingerprint density at radius 2 is 1.77 bits per heavy atom. The van der Waals surface area contributed by atoms with Gasteiger partial charge in [0.05, 0.1) is 13.1 Å². The largest absolute Gasteiger partial charge is 0.352 e. The monoisotopic (exact) mass is 352 g/mol. The molecule has 0 radical (unpaired) electrons. The molecule has 138 valence electrons. The van der Waals surface area contributed by atoms with Gasteiger partial charge in [0.2, 0.25) is 5.91 Å². The van der Waals surface area contributed by atoms with Gasteiger partial charge in [0.1, 0.15) is 0 Å². The van der Waals surface area contributed by atoms with Crippen molar-refractivity contribution in [2.75, 3.05) is 20.6 Å². The van der Waals surface area contributed by atoms with Gasteiger partial charge in [-0.25, -0.2) is 4.99 Å². The van der Waals surface area contributed by atoms with E-state index < -0.39 is 0 Å². The van der Waals surface area contributed by atoms with E-state index in [0.717, 1.165) is 5.56 Å². The molecule has 2 rings (SSSR count). The van der Waals surface area contributed by atoms with Crippen LogP contribution in [0.2, 0.25) is 0 Å². The number of carbonyl (C=O) groups excluding carboxylic acids is 1. The second kappa shape index (κ2) is 9.61. The summed E-state index contributed by atoms with van der Waals surface area (Å²) >= 11 is 0. The first-order valence-electron chi connectivity index (χ1n) is 8.78. The summed E-state index contributed by atoms with van der Waals surface area (Å²) in [6, 6.07) is 16.5. The number of guanidine groups is 1. The lowest BCUT2D eigenvalue weighted by Gasteiger charge is -2.16. The Kier molecular flexibility index (Phi) is 7.21. The van der Waals surface area contributed by atoms with Crippen LogP contribution in [0.4, 0.5) is 0 Å². The predicted molar refractivity (Wildman–Crippen MR) is 107 cm³/mol. The average molecular weight is 352 g/mol. The third kappa shape index (κ3) is 6.24. The number of likely N-dealkylation sites (N-methyl/N-ethyl adjacent to an activating group) is 1. The van der Waals surface area contributed by atoms with E-state index in [9.17, 15) is 4.79 Å².